The van der Waals surface area contributed by atoms with Gasteiger partial charge in [0.2, 0.25) is 15.9 Å². The third-order valence-corrected chi connectivity index (χ3v) is 5.65. The van der Waals surface area contributed by atoms with E-state index < -0.39 is 16.2 Å². The Bertz CT molecular complexity index is 1410. The number of hydrogen-bond donors (Lipinski definition) is 2. The second kappa shape index (κ2) is 8.01. The van der Waals surface area contributed by atoms with E-state index in [-0.39, 0.29) is 24.8 Å². The Balaban J connectivity index is 1.91. The predicted octanol–water partition coefficient (Wildman–Crippen LogP) is 4.09. The van der Waals surface area contributed by atoms with Crippen LogP contribution in [0.25, 0.3) is 21.7 Å². The Morgan fingerprint density at radius 3 is 2.61 bits per heavy atom. The first-order valence-corrected chi connectivity index (χ1v) is 11.2. The van der Waals surface area contributed by atoms with Crippen molar-refractivity contribution < 1.29 is 27.4 Å². The summed E-state index contributed by atoms with van der Waals surface area (Å²) in [5, 5.41) is 11.5. The number of para-hydroxylation sites is 1. The van der Waals surface area contributed by atoms with Crippen LogP contribution >= 0.6 is 0 Å². The lowest BCUT2D eigenvalue weighted by molar-refractivity contribution is 0.140. The van der Waals surface area contributed by atoms with Gasteiger partial charge < -0.3 is 14.4 Å². The summed E-state index contributed by atoms with van der Waals surface area (Å²) in [6.45, 7) is 0.0575. The predicted molar refractivity (Wildman–Crippen MR) is 115 cm³/mol. The van der Waals surface area contributed by atoms with Gasteiger partial charge in [-0.15, -0.1) is 0 Å². The number of carbonyl (C=O) groups is 1. The molecule has 4 rings (SSSR count). The van der Waals surface area contributed by atoms with Gasteiger partial charge in [-0.25, -0.2) is 22.3 Å². The number of nitrogens with zero attached hydrogens (tertiary/aromatic N) is 1. The fraction of sp³-hybridized carbons (Fsp3) is 0.136. The molecule has 3 aromatic carbocycles. The minimum atomic E-state index is -3.52. The molecule has 0 spiro atoms. The van der Waals surface area contributed by atoms with Crippen molar-refractivity contribution in [3.63, 3.8) is 0 Å². The monoisotopic (exact) mass is 442 g/mol. The summed E-state index contributed by atoms with van der Waals surface area (Å²) < 4.78 is 46.3. The number of benzene rings is 3. The molecule has 0 atom stereocenters. The van der Waals surface area contributed by atoms with Gasteiger partial charge in [-0.3, -0.25) is 0 Å². The third-order valence-electron chi connectivity index (χ3n) is 4.98. The van der Waals surface area contributed by atoms with Crippen LogP contribution in [0, 0.1) is 5.82 Å². The summed E-state index contributed by atoms with van der Waals surface area (Å²) in [5.41, 5.74) is 1.82. The van der Waals surface area contributed by atoms with E-state index in [1.807, 2.05) is 18.2 Å². The molecule has 2 N–H and O–H groups in total. The Hall–Kier alpha value is -3.43. The maximum Gasteiger partial charge on any atom is 0.512 e. The quantitative estimate of drug-likeness (QED) is 0.439. The number of halogens is 1. The van der Waals surface area contributed by atoms with Crippen LogP contribution in [0.15, 0.2) is 60.7 Å². The highest BCUT2D eigenvalue weighted by Crippen LogP contribution is 2.34. The van der Waals surface area contributed by atoms with Crippen LogP contribution in [-0.2, 0) is 23.1 Å². The van der Waals surface area contributed by atoms with Crippen molar-refractivity contribution in [1.29, 1.82) is 0 Å². The molecule has 0 aliphatic heterocycles. The molecule has 0 aliphatic carbocycles. The van der Waals surface area contributed by atoms with Crippen LogP contribution in [0.1, 0.15) is 11.1 Å². The van der Waals surface area contributed by atoms with Gasteiger partial charge in [-0.2, -0.15) is 0 Å². The van der Waals surface area contributed by atoms with Gasteiger partial charge in [0.1, 0.15) is 5.82 Å². The number of nitrogens with one attached hydrogen (secondary N) is 1. The van der Waals surface area contributed by atoms with Gasteiger partial charge in [0, 0.05) is 17.5 Å². The molecule has 7 nitrogen and oxygen atoms in total. The third kappa shape index (κ3) is 4.37. The smallest absolute Gasteiger partial charge is 0.449 e. The molecule has 4 aromatic rings. The topological polar surface area (TPSA) is 97.6 Å². The molecule has 1 aromatic heterocycles. The van der Waals surface area contributed by atoms with Gasteiger partial charge in [0.05, 0.1) is 18.3 Å². The summed E-state index contributed by atoms with van der Waals surface area (Å²) >= 11 is 0. The number of hydrogen-bond acceptors (Lipinski definition) is 4. The lowest BCUT2D eigenvalue weighted by atomic mass is 10.0. The standard InChI is InChI=1S/C22H19FN2O5S/c1-31(28,29)24-12-19-17-7-2-3-8-20(17)25(21(19)30-22(26)27)13-15-6-4-5-14-9-10-16(23)11-18(14)15/h2-11,24H,12-13H2,1H3,(H,26,27). The lowest BCUT2D eigenvalue weighted by Gasteiger charge is -2.13. The molecule has 1 heterocycles. The molecule has 0 radical (unpaired) electrons. The molecule has 31 heavy (non-hydrogen) atoms. The number of fused-ring (bicyclic) bond motifs is 2. The molecule has 0 aliphatic rings. The first-order chi connectivity index (χ1) is 14.7. The molecule has 9 heteroatoms. The summed E-state index contributed by atoms with van der Waals surface area (Å²) in [5.74, 6) is -0.365. The Kier molecular flexibility index (Phi) is 5.38. The Morgan fingerprint density at radius 2 is 1.87 bits per heavy atom. The molecule has 0 amide bonds. The zero-order chi connectivity index (χ0) is 22.2. The van der Waals surface area contributed by atoms with E-state index in [0.717, 1.165) is 17.2 Å². The number of carboxylic acid groups (broad SMARTS) is 1. The van der Waals surface area contributed by atoms with Crippen LogP contribution in [-0.4, -0.2) is 30.5 Å². The van der Waals surface area contributed by atoms with Gasteiger partial charge in [0.25, 0.3) is 0 Å². The number of ether oxygens (including phenoxy) is 1. The summed E-state index contributed by atoms with van der Waals surface area (Å²) in [6, 6.07) is 17.1. The van der Waals surface area contributed by atoms with E-state index in [1.54, 1.807) is 34.9 Å². The van der Waals surface area contributed by atoms with E-state index in [2.05, 4.69) is 4.72 Å². The minimum Gasteiger partial charge on any atom is -0.449 e. The normalized spacial score (nSPS) is 11.8. The molecular formula is C22H19FN2O5S. The summed E-state index contributed by atoms with van der Waals surface area (Å²) in [4.78, 5) is 11.4. The van der Waals surface area contributed by atoms with Crippen molar-refractivity contribution in [3.05, 3.63) is 77.6 Å². The second-order valence-electron chi connectivity index (χ2n) is 7.13. The van der Waals surface area contributed by atoms with E-state index in [4.69, 9.17) is 4.74 Å². The van der Waals surface area contributed by atoms with Crippen LogP contribution < -0.4 is 9.46 Å². The van der Waals surface area contributed by atoms with Crippen molar-refractivity contribution in [2.75, 3.05) is 6.26 Å². The average molecular weight is 442 g/mol. The molecule has 0 saturated carbocycles. The first-order valence-electron chi connectivity index (χ1n) is 9.35. The maximum atomic E-state index is 13.9. The number of sulfonamides is 1. The molecular weight excluding hydrogens is 423 g/mol. The molecule has 0 bridgehead atoms. The van der Waals surface area contributed by atoms with Crippen LogP contribution in [0.3, 0.4) is 0 Å². The summed E-state index contributed by atoms with van der Waals surface area (Å²) in [7, 11) is -3.52. The fourth-order valence-electron chi connectivity index (χ4n) is 3.70. The zero-order valence-corrected chi connectivity index (χ0v) is 17.3. The van der Waals surface area contributed by atoms with Crippen molar-refractivity contribution in [1.82, 2.24) is 9.29 Å². The molecule has 0 saturated heterocycles. The largest absolute Gasteiger partial charge is 0.512 e. The van der Waals surface area contributed by atoms with Crippen molar-refractivity contribution in [2.45, 2.75) is 13.1 Å². The zero-order valence-electron chi connectivity index (χ0n) is 16.5. The SMILES string of the molecule is CS(=O)(=O)NCc1c(OC(=O)O)n(Cc2cccc3ccc(F)cc23)c2ccccc12. The van der Waals surface area contributed by atoms with E-state index >= 15 is 0 Å². The van der Waals surface area contributed by atoms with Crippen LogP contribution in [0.5, 0.6) is 5.88 Å². The van der Waals surface area contributed by atoms with Gasteiger partial charge >= 0.3 is 6.16 Å². The van der Waals surface area contributed by atoms with Crippen molar-refractivity contribution in [3.8, 4) is 5.88 Å². The molecule has 0 fully saturated rings. The van der Waals surface area contributed by atoms with Crippen LogP contribution in [0.2, 0.25) is 0 Å². The average Bonchev–Trinajstić information content (AvgIpc) is 2.98. The van der Waals surface area contributed by atoms with Gasteiger partial charge in [0.15, 0.2) is 0 Å². The van der Waals surface area contributed by atoms with E-state index in [0.29, 0.717) is 21.9 Å². The van der Waals surface area contributed by atoms with Crippen molar-refractivity contribution >= 4 is 37.9 Å². The molecule has 0 unspecified atom stereocenters. The lowest BCUT2D eigenvalue weighted by Crippen LogP contribution is -2.22. The highest BCUT2D eigenvalue weighted by Gasteiger charge is 2.22. The van der Waals surface area contributed by atoms with Crippen molar-refractivity contribution in [2.24, 2.45) is 0 Å². The molecule has 160 valence electrons. The second-order valence-corrected chi connectivity index (χ2v) is 8.96. The number of aromatic nitrogens is 1. The Morgan fingerprint density at radius 1 is 1.10 bits per heavy atom. The van der Waals surface area contributed by atoms with Gasteiger partial charge in [-0.05, 0) is 34.5 Å². The number of rotatable bonds is 6. The van der Waals surface area contributed by atoms with Gasteiger partial charge in [-0.1, -0.05) is 42.5 Å². The highest BCUT2D eigenvalue weighted by molar-refractivity contribution is 7.88. The summed E-state index contributed by atoms with van der Waals surface area (Å²) in [6.07, 6.45) is -0.497. The Labute approximate surface area is 177 Å². The van der Waals surface area contributed by atoms with E-state index in [9.17, 15) is 22.7 Å². The fourth-order valence-corrected chi connectivity index (χ4v) is 4.11. The van der Waals surface area contributed by atoms with E-state index in [1.165, 1.54) is 12.1 Å². The minimum absolute atomic E-state index is 0.0123. The maximum absolute atomic E-state index is 13.9. The highest BCUT2D eigenvalue weighted by atomic mass is 32.2. The first kappa shape index (κ1) is 20.8. The van der Waals surface area contributed by atoms with Crippen LogP contribution in [0.4, 0.5) is 9.18 Å².